The van der Waals surface area contributed by atoms with E-state index < -0.39 is 7.99 Å². The highest BCUT2D eigenvalue weighted by molar-refractivity contribution is 7.47. The van der Waals surface area contributed by atoms with Gasteiger partial charge >= 0.3 is 7.99 Å². The molecule has 0 saturated heterocycles. The van der Waals surface area contributed by atoms with E-state index in [1.165, 1.54) is 0 Å². The van der Waals surface area contributed by atoms with Gasteiger partial charge in [-0.25, -0.2) is 4.57 Å². The number of halogens is 2. The van der Waals surface area contributed by atoms with Crippen LogP contribution < -0.4 is 0 Å². The van der Waals surface area contributed by atoms with Crippen molar-refractivity contribution in [2.24, 2.45) is 0 Å². The molecule has 0 heterocycles. The maximum Gasteiger partial charge on any atom is 0.551 e. The summed E-state index contributed by atoms with van der Waals surface area (Å²) in [4.78, 5) is 0. The van der Waals surface area contributed by atoms with Crippen LogP contribution in [0.15, 0.2) is 0 Å². The maximum absolute atomic E-state index is 11.3. The van der Waals surface area contributed by atoms with Crippen LogP contribution >= 0.6 is 7.99 Å². The Morgan fingerprint density at radius 3 is 2.56 bits per heavy atom. The average molecular weight is 154 g/mol. The van der Waals surface area contributed by atoms with Gasteiger partial charge in [-0.15, -0.1) is 20.7 Å². The molecule has 0 aromatic heterocycles. The molecule has 9 heavy (non-hydrogen) atoms. The number of rotatable bonds is 3. The molecule has 0 saturated carbocycles. The predicted molar refractivity (Wildman–Crippen MR) is 29.2 cm³/mol. The highest BCUT2D eigenvalue weighted by Crippen LogP contribution is 2.50. The highest BCUT2D eigenvalue weighted by Gasteiger charge is 2.18. The minimum absolute atomic E-state index is 0.0534. The Morgan fingerprint density at radius 2 is 2.22 bits per heavy atom. The first-order chi connectivity index (χ1) is 4.06. The lowest BCUT2D eigenvalue weighted by atomic mass is 10.5. The summed E-state index contributed by atoms with van der Waals surface area (Å²) in [6.07, 6.45) is 4.75. The van der Waals surface area contributed by atoms with Gasteiger partial charge in [0.25, 0.3) is 0 Å². The maximum atomic E-state index is 11.3. The topological polar surface area (TPSA) is 26.3 Å². The molecule has 0 radical (unpaired) electrons. The molecule has 0 spiro atoms. The monoisotopic (exact) mass is 154 g/mol. The molecule has 2 nitrogen and oxygen atoms in total. The van der Waals surface area contributed by atoms with Crippen molar-refractivity contribution in [1.29, 1.82) is 0 Å². The second-order valence-corrected chi connectivity index (χ2v) is 2.29. The van der Waals surface area contributed by atoms with Crippen molar-refractivity contribution in [1.82, 2.24) is 0 Å². The van der Waals surface area contributed by atoms with Gasteiger partial charge in [0.05, 0.1) is 6.61 Å². The van der Waals surface area contributed by atoms with E-state index in [9.17, 15) is 13.0 Å². The molecule has 0 rings (SSSR count). The lowest BCUT2D eigenvalue weighted by molar-refractivity contribution is 0.262. The Bertz CT molecular complexity index is 156. The smallest absolute Gasteiger partial charge is 0.279 e. The zero-order valence-corrected chi connectivity index (χ0v) is 5.41. The van der Waals surface area contributed by atoms with Gasteiger partial charge in [0.15, 0.2) is 0 Å². The van der Waals surface area contributed by atoms with Crippen molar-refractivity contribution < 1.29 is 17.5 Å². The van der Waals surface area contributed by atoms with Crippen LogP contribution in [0.2, 0.25) is 0 Å². The van der Waals surface area contributed by atoms with E-state index >= 15 is 0 Å². The van der Waals surface area contributed by atoms with Crippen LogP contribution in [-0.4, -0.2) is 6.61 Å². The fourth-order valence-electron chi connectivity index (χ4n) is 0.211. The molecule has 0 unspecified atom stereocenters. The molecule has 0 aliphatic carbocycles. The van der Waals surface area contributed by atoms with E-state index in [2.05, 4.69) is 10.4 Å². The molecule has 0 aromatic rings. The molecule has 5 heteroatoms. The largest absolute Gasteiger partial charge is 0.551 e. The van der Waals surface area contributed by atoms with Crippen molar-refractivity contribution in [3.05, 3.63) is 0 Å². The standard InChI is InChI=1S/C4H5F2O2P/c1-2-3-4-8-9(5,6)7/h1H,3-4H2. The van der Waals surface area contributed by atoms with Crippen molar-refractivity contribution in [2.75, 3.05) is 6.61 Å². The van der Waals surface area contributed by atoms with Crippen LogP contribution in [0, 0.1) is 12.3 Å². The van der Waals surface area contributed by atoms with Gasteiger partial charge in [-0.1, -0.05) is 0 Å². The molecule has 0 aliphatic rings. The van der Waals surface area contributed by atoms with Gasteiger partial charge in [0.2, 0.25) is 0 Å². The lowest BCUT2D eigenvalue weighted by Crippen LogP contribution is -1.83. The zero-order valence-electron chi connectivity index (χ0n) is 4.51. The summed E-state index contributed by atoms with van der Waals surface area (Å²) >= 11 is 0. The first-order valence-corrected chi connectivity index (χ1v) is 3.54. The van der Waals surface area contributed by atoms with Crippen molar-refractivity contribution in [3.8, 4) is 12.3 Å². The summed E-state index contributed by atoms with van der Waals surface area (Å²) in [5.41, 5.74) is 0. The number of terminal acetylenes is 1. The Balaban J connectivity index is 3.32. The summed E-state index contributed by atoms with van der Waals surface area (Å²) in [5.74, 6) is 2.06. The van der Waals surface area contributed by atoms with Crippen LogP contribution in [0.5, 0.6) is 0 Å². The molecule has 0 N–H and O–H groups in total. The fourth-order valence-corrected chi connectivity index (χ4v) is 0.515. The third-order valence-corrected chi connectivity index (χ3v) is 0.971. The Morgan fingerprint density at radius 1 is 1.67 bits per heavy atom. The third-order valence-electron chi connectivity index (χ3n) is 0.488. The highest BCUT2D eigenvalue weighted by atomic mass is 31.2. The van der Waals surface area contributed by atoms with Crippen LogP contribution in [-0.2, 0) is 9.09 Å². The summed E-state index contributed by atoms with van der Waals surface area (Å²) in [5, 5.41) is 0. The van der Waals surface area contributed by atoms with Crippen molar-refractivity contribution in [2.45, 2.75) is 6.42 Å². The summed E-state index contributed by atoms with van der Waals surface area (Å²) in [6, 6.07) is 0. The molecule has 0 aliphatic heterocycles. The van der Waals surface area contributed by atoms with Gasteiger partial charge in [-0.2, -0.15) is 0 Å². The first kappa shape index (κ1) is 8.61. The summed E-state index contributed by atoms with van der Waals surface area (Å²) in [6.45, 7) is -0.346. The third kappa shape index (κ3) is 7.61. The normalized spacial score (nSPS) is 10.8. The fraction of sp³-hybridized carbons (Fsp3) is 0.500. The molecular formula is C4H5F2O2P. The predicted octanol–water partition coefficient (Wildman–Crippen LogP) is 2.07. The van der Waals surface area contributed by atoms with E-state index in [4.69, 9.17) is 6.42 Å². The van der Waals surface area contributed by atoms with E-state index in [1.54, 1.807) is 0 Å². The summed E-state index contributed by atoms with van der Waals surface area (Å²) < 4.78 is 35.6. The van der Waals surface area contributed by atoms with Gasteiger partial charge in [-0.05, 0) is 0 Å². The number of hydrogen-bond donors (Lipinski definition) is 0. The second kappa shape index (κ2) is 3.60. The van der Waals surface area contributed by atoms with Gasteiger partial charge in [0, 0.05) is 6.42 Å². The molecule has 0 aromatic carbocycles. The molecular weight excluding hydrogens is 149 g/mol. The average Bonchev–Trinajstić information content (AvgIpc) is 1.63. The van der Waals surface area contributed by atoms with Gasteiger partial charge in [-0.3, -0.25) is 4.52 Å². The number of hydrogen-bond acceptors (Lipinski definition) is 2. The molecule has 0 fully saturated rings. The first-order valence-electron chi connectivity index (χ1n) is 2.13. The van der Waals surface area contributed by atoms with Crippen LogP contribution in [0.1, 0.15) is 6.42 Å². The van der Waals surface area contributed by atoms with Crippen LogP contribution in [0.3, 0.4) is 0 Å². The van der Waals surface area contributed by atoms with Gasteiger partial charge in [0.1, 0.15) is 0 Å². The zero-order chi connectivity index (χ0) is 7.33. The van der Waals surface area contributed by atoms with Crippen molar-refractivity contribution in [3.63, 3.8) is 0 Å². The lowest BCUT2D eigenvalue weighted by Gasteiger charge is -1.95. The molecule has 0 atom stereocenters. The Labute approximate surface area is 51.9 Å². The quantitative estimate of drug-likeness (QED) is 0.353. The van der Waals surface area contributed by atoms with E-state index in [1.807, 2.05) is 0 Å². The Kier molecular flexibility index (Phi) is 3.44. The van der Waals surface area contributed by atoms with Crippen molar-refractivity contribution >= 4 is 7.99 Å². The Hall–Kier alpha value is -0.390. The van der Waals surface area contributed by atoms with Crippen LogP contribution in [0.25, 0.3) is 0 Å². The molecule has 52 valence electrons. The van der Waals surface area contributed by atoms with E-state index in [-0.39, 0.29) is 13.0 Å². The van der Waals surface area contributed by atoms with Gasteiger partial charge < -0.3 is 0 Å². The second-order valence-electron chi connectivity index (χ2n) is 1.20. The minimum Gasteiger partial charge on any atom is -0.279 e. The summed E-state index contributed by atoms with van der Waals surface area (Å²) in [7, 11) is -5.29. The SMILES string of the molecule is C#CCCOP(=O)(F)F. The van der Waals surface area contributed by atoms with Crippen LogP contribution in [0.4, 0.5) is 8.39 Å². The minimum atomic E-state index is -5.29. The molecule has 0 amide bonds. The van der Waals surface area contributed by atoms with E-state index in [0.29, 0.717) is 0 Å². The van der Waals surface area contributed by atoms with E-state index in [0.717, 1.165) is 0 Å². The molecule has 0 bridgehead atoms.